The van der Waals surface area contributed by atoms with E-state index >= 15 is 0 Å². The second-order valence-electron chi connectivity index (χ2n) is 7.53. The number of aromatic nitrogens is 1. The molecule has 2 rings (SSSR count). The first kappa shape index (κ1) is 23.8. The maximum atomic E-state index is 12.8. The van der Waals surface area contributed by atoms with Crippen LogP contribution in [0.1, 0.15) is 58.3 Å². The lowest BCUT2D eigenvalue weighted by Gasteiger charge is -2.30. The molecule has 7 nitrogen and oxygen atoms in total. The first-order chi connectivity index (χ1) is 14.2. The number of amides is 2. The summed E-state index contributed by atoms with van der Waals surface area (Å²) in [6.45, 7) is 6.87. The number of hydrogen-bond acceptors (Lipinski definition) is 6. The molecule has 29 heavy (non-hydrogen) atoms. The van der Waals surface area contributed by atoms with Crippen molar-refractivity contribution in [2.45, 2.75) is 58.3 Å². The number of nitrogens with one attached hydrogen (secondary N) is 1. The van der Waals surface area contributed by atoms with Crippen molar-refractivity contribution in [2.75, 3.05) is 51.3 Å². The highest BCUT2D eigenvalue weighted by Gasteiger charge is 2.19. The van der Waals surface area contributed by atoms with E-state index in [1.807, 2.05) is 5.38 Å². The largest absolute Gasteiger partial charge is 0.379 e. The van der Waals surface area contributed by atoms with Crippen molar-refractivity contribution in [1.82, 2.24) is 14.8 Å². The van der Waals surface area contributed by atoms with Gasteiger partial charge in [0, 0.05) is 44.2 Å². The zero-order chi connectivity index (χ0) is 20.7. The van der Waals surface area contributed by atoms with E-state index in [4.69, 9.17) is 4.74 Å². The Hall–Kier alpha value is -1.51. The molecule has 164 valence electrons. The highest BCUT2D eigenvalue weighted by atomic mass is 32.1. The molecule has 1 aliphatic rings. The predicted molar refractivity (Wildman–Crippen MR) is 117 cm³/mol. The number of carbonyl (C=O) groups excluding carboxylic acids is 2. The van der Waals surface area contributed by atoms with Gasteiger partial charge in [-0.1, -0.05) is 45.4 Å². The third-order valence-electron chi connectivity index (χ3n) is 5.15. The lowest BCUT2D eigenvalue weighted by Crippen LogP contribution is -2.45. The van der Waals surface area contributed by atoms with Gasteiger partial charge in [-0.3, -0.25) is 14.5 Å². The molecular weight excluding hydrogens is 388 g/mol. The summed E-state index contributed by atoms with van der Waals surface area (Å²) >= 11 is 1.38. The minimum absolute atomic E-state index is 0.0705. The van der Waals surface area contributed by atoms with Crippen LogP contribution in [0.4, 0.5) is 5.13 Å². The van der Waals surface area contributed by atoms with Gasteiger partial charge in [-0.15, -0.1) is 11.3 Å². The Kier molecular flexibility index (Phi) is 11.9. The fourth-order valence-corrected chi connectivity index (χ4v) is 3.93. The van der Waals surface area contributed by atoms with Crippen LogP contribution in [0, 0.1) is 0 Å². The minimum Gasteiger partial charge on any atom is -0.379 e. The molecule has 1 N–H and O–H groups in total. The monoisotopic (exact) mass is 424 g/mol. The van der Waals surface area contributed by atoms with E-state index in [2.05, 4.69) is 22.1 Å². The second-order valence-corrected chi connectivity index (χ2v) is 8.42. The Balaban J connectivity index is 1.76. The van der Waals surface area contributed by atoms with Gasteiger partial charge in [0.05, 0.1) is 19.8 Å². The van der Waals surface area contributed by atoms with Crippen molar-refractivity contribution < 1.29 is 14.3 Å². The summed E-state index contributed by atoms with van der Waals surface area (Å²) in [7, 11) is 0. The normalized spacial score (nSPS) is 14.7. The molecule has 1 saturated heterocycles. The van der Waals surface area contributed by atoms with E-state index in [0.29, 0.717) is 18.1 Å². The van der Waals surface area contributed by atoms with Gasteiger partial charge in [0.15, 0.2) is 5.13 Å². The van der Waals surface area contributed by atoms with Gasteiger partial charge < -0.3 is 15.0 Å². The van der Waals surface area contributed by atoms with Gasteiger partial charge in [0.1, 0.15) is 0 Å². The molecule has 1 aliphatic heterocycles. The molecule has 2 heterocycles. The molecule has 8 heteroatoms. The maximum Gasteiger partial charge on any atom is 0.245 e. The van der Waals surface area contributed by atoms with E-state index in [1.165, 1.54) is 43.4 Å². The summed E-state index contributed by atoms with van der Waals surface area (Å²) in [6, 6.07) is 0. The Morgan fingerprint density at radius 3 is 2.59 bits per heavy atom. The van der Waals surface area contributed by atoms with Gasteiger partial charge in [0.25, 0.3) is 0 Å². The maximum absolute atomic E-state index is 12.8. The molecule has 0 aromatic carbocycles. The third-order valence-corrected chi connectivity index (χ3v) is 5.84. The number of thiazole rings is 1. The molecule has 0 spiro atoms. The SMILES string of the molecule is CCCCCCCCCC(=O)N(CCN1CCOCC1)CC(=O)Nc1nccs1. The molecule has 2 amide bonds. The average molecular weight is 425 g/mol. The number of rotatable bonds is 14. The van der Waals surface area contributed by atoms with Crippen molar-refractivity contribution in [2.24, 2.45) is 0 Å². The van der Waals surface area contributed by atoms with E-state index < -0.39 is 0 Å². The third kappa shape index (κ3) is 10.2. The van der Waals surface area contributed by atoms with E-state index in [1.54, 1.807) is 11.1 Å². The number of nitrogens with zero attached hydrogens (tertiary/aromatic N) is 3. The topological polar surface area (TPSA) is 74.8 Å². The zero-order valence-electron chi connectivity index (χ0n) is 17.7. The second kappa shape index (κ2) is 14.5. The van der Waals surface area contributed by atoms with Crippen LogP contribution >= 0.6 is 11.3 Å². The van der Waals surface area contributed by atoms with Gasteiger partial charge >= 0.3 is 0 Å². The molecule has 0 saturated carbocycles. The van der Waals surface area contributed by atoms with Crippen LogP contribution in [0.2, 0.25) is 0 Å². The molecule has 0 radical (unpaired) electrons. The molecule has 0 bridgehead atoms. The molecule has 0 unspecified atom stereocenters. The quantitative estimate of drug-likeness (QED) is 0.464. The average Bonchev–Trinajstić information content (AvgIpc) is 3.24. The Labute approximate surface area is 178 Å². The summed E-state index contributed by atoms with van der Waals surface area (Å²) in [5.74, 6) is -0.115. The highest BCUT2D eigenvalue weighted by molar-refractivity contribution is 7.13. The summed E-state index contributed by atoms with van der Waals surface area (Å²) in [6.07, 6.45) is 10.4. The van der Waals surface area contributed by atoms with Crippen molar-refractivity contribution in [3.8, 4) is 0 Å². The molecule has 0 aliphatic carbocycles. The van der Waals surface area contributed by atoms with Gasteiger partial charge in [-0.2, -0.15) is 0 Å². The highest BCUT2D eigenvalue weighted by Crippen LogP contribution is 2.12. The zero-order valence-corrected chi connectivity index (χ0v) is 18.6. The fraction of sp³-hybridized carbons (Fsp3) is 0.762. The van der Waals surface area contributed by atoms with E-state index in [0.717, 1.165) is 45.7 Å². The number of carbonyl (C=O) groups is 2. The summed E-state index contributed by atoms with van der Waals surface area (Å²) in [5.41, 5.74) is 0. The van der Waals surface area contributed by atoms with Crippen LogP contribution in [0.5, 0.6) is 0 Å². The summed E-state index contributed by atoms with van der Waals surface area (Å²) in [5, 5.41) is 5.17. The van der Waals surface area contributed by atoms with Crippen molar-refractivity contribution in [3.05, 3.63) is 11.6 Å². The minimum atomic E-state index is -0.185. The lowest BCUT2D eigenvalue weighted by molar-refractivity contribution is -0.135. The van der Waals surface area contributed by atoms with Crippen LogP contribution in [-0.2, 0) is 14.3 Å². The first-order valence-corrected chi connectivity index (χ1v) is 11.8. The smallest absolute Gasteiger partial charge is 0.245 e. The first-order valence-electron chi connectivity index (χ1n) is 11.0. The molecular formula is C21H36N4O3S. The molecule has 1 aromatic heterocycles. The number of anilines is 1. The Morgan fingerprint density at radius 1 is 1.17 bits per heavy atom. The van der Waals surface area contributed by atoms with Crippen LogP contribution < -0.4 is 5.32 Å². The van der Waals surface area contributed by atoms with E-state index in [9.17, 15) is 9.59 Å². The van der Waals surface area contributed by atoms with Gasteiger partial charge in [0.2, 0.25) is 11.8 Å². The van der Waals surface area contributed by atoms with Crippen molar-refractivity contribution in [3.63, 3.8) is 0 Å². The Bertz CT molecular complexity index is 576. The standard InChI is InChI=1S/C21H36N4O3S/c1-2-3-4-5-6-7-8-9-20(27)25(12-11-24-13-15-28-16-14-24)18-19(26)23-21-22-10-17-29-21/h10,17H,2-9,11-16,18H2,1H3,(H,22,23,26). The van der Waals surface area contributed by atoms with Gasteiger partial charge in [-0.05, 0) is 6.42 Å². The molecule has 1 aromatic rings. The summed E-state index contributed by atoms with van der Waals surface area (Å²) < 4.78 is 5.39. The van der Waals surface area contributed by atoms with Crippen LogP contribution in [-0.4, -0.2) is 72.5 Å². The van der Waals surface area contributed by atoms with Crippen molar-refractivity contribution >= 4 is 28.3 Å². The summed E-state index contributed by atoms with van der Waals surface area (Å²) in [4.78, 5) is 33.2. The number of ether oxygens (including phenoxy) is 1. The van der Waals surface area contributed by atoms with Gasteiger partial charge in [-0.25, -0.2) is 4.98 Å². The fourth-order valence-electron chi connectivity index (χ4n) is 3.39. The molecule has 1 fully saturated rings. The van der Waals surface area contributed by atoms with Crippen LogP contribution in [0.15, 0.2) is 11.6 Å². The predicted octanol–water partition coefficient (Wildman–Crippen LogP) is 3.38. The van der Waals surface area contributed by atoms with Crippen LogP contribution in [0.3, 0.4) is 0 Å². The lowest BCUT2D eigenvalue weighted by atomic mass is 10.1. The van der Waals surface area contributed by atoms with Crippen molar-refractivity contribution in [1.29, 1.82) is 0 Å². The Morgan fingerprint density at radius 2 is 1.90 bits per heavy atom. The number of hydrogen-bond donors (Lipinski definition) is 1. The van der Waals surface area contributed by atoms with Crippen LogP contribution in [0.25, 0.3) is 0 Å². The van der Waals surface area contributed by atoms with E-state index in [-0.39, 0.29) is 18.4 Å². The molecule has 0 atom stereocenters. The number of morpholine rings is 1. The number of unbranched alkanes of at least 4 members (excludes halogenated alkanes) is 6.